The first-order valence-electron chi connectivity index (χ1n) is 6.80. The van der Waals surface area contributed by atoms with Crippen LogP contribution in [0.2, 0.25) is 0 Å². The maximum Gasteiger partial charge on any atom is 0.231 e. The van der Waals surface area contributed by atoms with Gasteiger partial charge in [-0.2, -0.15) is 15.0 Å². The Bertz CT molecular complexity index is 434. The summed E-state index contributed by atoms with van der Waals surface area (Å²) in [5, 5.41) is 3.27. The molecule has 8 heteroatoms. The third-order valence-electron chi connectivity index (χ3n) is 3.05. The van der Waals surface area contributed by atoms with Crippen LogP contribution in [0.1, 0.15) is 6.92 Å². The van der Waals surface area contributed by atoms with Crippen molar-refractivity contribution < 1.29 is 4.74 Å². The van der Waals surface area contributed by atoms with Gasteiger partial charge in [0, 0.05) is 39.8 Å². The molecule has 1 aliphatic heterocycles. The molecule has 0 spiro atoms. The molecule has 20 heavy (non-hydrogen) atoms. The molecule has 1 aromatic rings. The number of nitrogens with zero attached hydrogens (tertiary/aromatic N) is 5. The summed E-state index contributed by atoms with van der Waals surface area (Å²) in [6.45, 7) is 6.56. The van der Waals surface area contributed by atoms with Crippen LogP contribution >= 0.6 is 0 Å². The van der Waals surface area contributed by atoms with E-state index in [2.05, 4.69) is 32.1 Å². The van der Waals surface area contributed by atoms with Crippen molar-refractivity contribution in [3.8, 4) is 0 Å². The van der Waals surface area contributed by atoms with E-state index in [9.17, 15) is 0 Å². The lowest BCUT2D eigenvalue weighted by atomic mass is 10.3. The zero-order valence-electron chi connectivity index (χ0n) is 12.3. The van der Waals surface area contributed by atoms with Crippen LogP contribution in [0, 0.1) is 0 Å². The lowest BCUT2D eigenvalue weighted by Gasteiger charge is -2.29. The molecule has 2 heterocycles. The molecule has 0 saturated carbocycles. The van der Waals surface area contributed by atoms with E-state index in [1.807, 2.05) is 14.1 Å². The van der Waals surface area contributed by atoms with Gasteiger partial charge in [0.25, 0.3) is 0 Å². The highest BCUT2D eigenvalue weighted by atomic mass is 16.5. The van der Waals surface area contributed by atoms with Crippen LogP contribution in [-0.2, 0) is 4.74 Å². The Balaban J connectivity index is 1.94. The monoisotopic (exact) mass is 281 g/mol. The minimum absolute atomic E-state index is 0.227. The predicted octanol–water partition coefficient (Wildman–Crippen LogP) is -0.348. The fraction of sp³-hybridized carbons (Fsp3) is 0.750. The van der Waals surface area contributed by atoms with Crippen LogP contribution in [0.25, 0.3) is 0 Å². The largest absolute Gasteiger partial charge is 0.379 e. The van der Waals surface area contributed by atoms with Crippen molar-refractivity contribution in [2.75, 3.05) is 62.9 Å². The zero-order valence-corrected chi connectivity index (χ0v) is 12.3. The van der Waals surface area contributed by atoms with E-state index in [4.69, 9.17) is 10.5 Å². The Kier molecular flexibility index (Phi) is 4.91. The van der Waals surface area contributed by atoms with Gasteiger partial charge in [-0.1, -0.05) is 0 Å². The highest BCUT2D eigenvalue weighted by Gasteiger charge is 2.15. The molecule has 2 rings (SSSR count). The van der Waals surface area contributed by atoms with Crippen LogP contribution in [0.15, 0.2) is 0 Å². The maximum atomic E-state index is 5.70. The Morgan fingerprint density at radius 3 is 2.65 bits per heavy atom. The molecule has 1 fully saturated rings. The predicted molar refractivity (Wildman–Crippen MR) is 78.9 cm³/mol. The number of rotatable bonds is 5. The van der Waals surface area contributed by atoms with Crippen molar-refractivity contribution in [3.05, 3.63) is 0 Å². The van der Waals surface area contributed by atoms with Crippen LogP contribution in [0.3, 0.4) is 0 Å². The van der Waals surface area contributed by atoms with Crippen molar-refractivity contribution in [1.29, 1.82) is 0 Å². The number of nitrogens with one attached hydrogen (secondary N) is 1. The smallest absolute Gasteiger partial charge is 0.231 e. The fourth-order valence-electron chi connectivity index (χ4n) is 2.08. The molecule has 1 aliphatic rings. The Morgan fingerprint density at radius 1 is 1.30 bits per heavy atom. The summed E-state index contributed by atoms with van der Waals surface area (Å²) in [5.74, 6) is 1.30. The number of morpholine rings is 1. The second-order valence-electron chi connectivity index (χ2n) is 5.17. The van der Waals surface area contributed by atoms with Crippen molar-refractivity contribution in [3.63, 3.8) is 0 Å². The molecule has 3 N–H and O–H groups in total. The van der Waals surface area contributed by atoms with Gasteiger partial charge in [-0.15, -0.1) is 0 Å². The van der Waals surface area contributed by atoms with Gasteiger partial charge in [0.05, 0.1) is 13.2 Å². The summed E-state index contributed by atoms with van der Waals surface area (Å²) in [4.78, 5) is 16.7. The van der Waals surface area contributed by atoms with Crippen molar-refractivity contribution >= 4 is 17.8 Å². The lowest BCUT2D eigenvalue weighted by Crippen LogP contribution is -2.42. The Hall–Kier alpha value is -1.67. The fourth-order valence-corrected chi connectivity index (χ4v) is 2.08. The molecule has 0 amide bonds. The molecule has 0 bridgehead atoms. The second-order valence-corrected chi connectivity index (χ2v) is 5.17. The van der Waals surface area contributed by atoms with E-state index in [0.717, 1.165) is 32.8 Å². The van der Waals surface area contributed by atoms with Gasteiger partial charge in [0.15, 0.2) is 0 Å². The average Bonchev–Trinajstić information content (AvgIpc) is 2.38. The SMILES string of the molecule is CC(CN1CCOCC1)Nc1nc(N)nc(N(C)C)n1. The van der Waals surface area contributed by atoms with Crippen molar-refractivity contribution in [2.45, 2.75) is 13.0 Å². The molecule has 8 nitrogen and oxygen atoms in total. The zero-order chi connectivity index (χ0) is 14.5. The number of nitrogen functional groups attached to an aromatic ring is 1. The van der Waals surface area contributed by atoms with Gasteiger partial charge in [-0.25, -0.2) is 0 Å². The summed E-state index contributed by atoms with van der Waals surface area (Å²) < 4.78 is 5.34. The first-order valence-corrected chi connectivity index (χ1v) is 6.80. The van der Waals surface area contributed by atoms with Gasteiger partial charge < -0.3 is 20.7 Å². The standard InChI is InChI=1S/C12H23N7O/c1-9(8-19-4-6-20-7-5-19)14-11-15-10(13)16-12(17-11)18(2)3/h9H,4-8H2,1-3H3,(H3,13,14,15,16,17). The molecule has 0 radical (unpaired) electrons. The van der Waals surface area contributed by atoms with E-state index in [1.165, 1.54) is 0 Å². The number of ether oxygens (including phenoxy) is 1. The van der Waals surface area contributed by atoms with Crippen molar-refractivity contribution in [1.82, 2.24) is 19.9 Å². The molecule has 0 aromatic carbocycles. The van der Waals surface area contributed by atoms with Crippen LogP contribution in [0.5, 0.6) is 0 Å². The highest BCUT2D eigenvalue weighted by Crippen LogP contribution is 2.10. The Morgan fingerprint density at radius 2 is 2.00 bits per heavy atom. The van der Waals surface area contributed by atoms with Crippen molar-refractivity contribution in [2.24, 2.45) is 0 Å². The van der Waals surface area contributed by atoms with E-state index in [0.29, 0.717) is 11.9 Å². The first kappa shape index (κ1) is 14.7. The molecule has 1 aromatic heterocycles. The third kappa shape index (κ3) is 4.17. The van der Waals surface area contributed by atoms with Crippen LogP contribution < -0.4 is 16.0 Å². The summed E-state index contributed by atoms with van der Waals surface area (Å²) in [6, 6.07) is 0.227. The number of hydrogen-bond donors (Lipinski definition) is 2. The molecular formula is C12H23N7O. The average molecular weight is 281 g/mol. The van der Waals surface area contributed by atoms with Crippen LogP contribution in [-0.4, -0.2) is 72.8 Å². The number of nitrogens with two attached hydrogens (primary N) is 1. The Labute approximate surface area is 119 Å². The molecule has 112 valence electrons. The normalized spacial score (nSPS) is 17.8. The van der Waals surface area contributed by atoms with E-state index in [1.54, 1.807) is 4.90 Å². The minimum Gasteiger partial charge on any atom is -0.379 e. The highest BCUT2D eigenvalue weighted by molar-refractivity contribution is 5.41. The van der Waals surface area contributed by atoms with Gasteiger partial charge in [0.1, 0.15) is 0 Å². The van der Waals surface area contributed by atoms with E-state index < -0.39 is 0 Å². The quantitative estimate of drug-likeness (QED) is 0.757. The second kappa shape index (κ2) is 6.67. The van der Waals surface area contributed by atoms with Gasteiger partial charge in [-0.3, -0.25) is 4.90 Å². The summed E-state index contributed by atoms with van der Waals surface area (Å²) in [5.41, 5.74) is 5.70. The molecular weight excluding hydrogens is 258 g/mol. The number of hydrogen-bond acceptors (Lipinski definition) is 8. The van der Waals surface area contributed by atoms with Gasteiger partial charge >= 0.3 is 0 Å². The molecule has 1 unspecified atom stereocenters. The summed E-state index contributed by atoms with van der Waals surface area (Å²) >= 11 is 0. The molecule has 0 aliphatic carbocycles. The van der Waals surface area contributed by atoms with Gasteiger partial charge in [0.2, 0.25) is 17.8 Å². The topological polar surface area (TPSA) is 92.4 Å². The molecule has 1 atom stereocenters. The summed E-state index contributed by atoms with van der Waals surface area (Å²) in [6.07, 6.45) is 0. The number of anilines is 3. The molecule has 1 saturated heterocycles. The first-order chi connectivity index (χ1) is 9.54. The lowest BCUT2D eigenvalue weighted by molar-refractivity contribution is 0.0368. The third-order valence-corrected chi connectivity index (χ3v) is 3.05. The summed E-state index contributed by atoms with van der Waals surface area (Å²) in [7, 11) is 3.74. The van der Waals surface area contributed by atoms with Crippen LogP contribution in [0.4, 0.5) is 17.8 Å². The number of aromatic nitrogens is 3. The van der Waals surface area contributed by atoms with Gasteiger partial charge in [-0.05, 0) is 6.92 Å². The van der Waals surface area contributed by atoms with E-state index >= 15 is 0 Å². The minimum atomic E-state index is 0.227. The maximum absolute atomic E-state index is 5.70. The van der Waals surface area contributed by atoms with E-state index in [-0.39, 0.29) is 12.0 Å².